The summed E-state index contributed by atoms with van der Waals surface area (Å²) < 4.78 is 11.0. The molecule has 3 rings (SSSR count). The van der Waals surface area contributed by atoms with Gasteiger partial charge < -0.3 is 9.47 Å². The molecule has 0 fully saturated rings. The second-order valence-electron chi connectivity index (χ2n) is 4.96. The SMILES string of the molecule is COc1cccc2c(C)cc(=O)c3cccc(OC)c3c12. The Morgan fingerprint density at radius 2 is 1.33 bits per heavy atom. The van der Waals surface area contributed by atoms with E-state index in [0.717, 1.165) is 27.5 Å². The van der Waals surface area contributed by atoms with Gasteiger partial charge in [0.1, 0.15) is 11.5 Å². The first-order chi connectivity index (χ1) is 10.2. The van der Waals surface area contributed by atoms with E-state index in [1.54, 1.807) is 20.3 Å². The summed E-state index contributed by atoms with van der Waals surface area (Å²) in [5, 5.41) is 3.33. The van der Waals surface area contributed by atoms with Gasteiger partial charge in [-0.05, 0) is 36.1 Å². The lowest BCUT2D eigenvalue weighted by molar-refractivity contribution is 0.416. The average Bonchev–Trinajstić information content (AvgIpc) is 2.63. The molecule has 3 aromatic carbocycles. The minimum Gasteiger partial charge on any atom is -0.496 e. The average molecular weight is 280 g/mol. The summed E-state index contributed by atoms with van der Waals surface area (Å²) >= 11 is 0. The molecule has 0 aliphatic carbocycles. The van der Waals surface area contributed by atoms with Gasteiger partial charge in [-0.1, -0.05) is 24.3 Å². The third kappa shape index (κ3) is 2.02. The smallest absolute Gasteiger partial charge is 0.186 e. The van der Waals surface area contributed by atoms with Crippen molar-refractivity contribution in [2.24, 2.45) is 0 Å². The van der Waals surface area contributed by atoms with Crippen molar-refractivity contribution in [2.45, 2.75) is 6.92 Å². The summed E-state index contributed by atoms with van der Waals surface area (Å²) in [6.45, 7) is 1.94. The van der Waals surface area contributed by atoms with E-state index < -0.39 is 0 Å². The number of hydrogen-bond donors (Lipinski definition) is 0. The molecule has 106 valence electrons. The molecule has 0 aliphatic heterocycles. The monoisotopic (exact) mass is 280 g/mol. The molecule has 0 radical (unpaired) electrons. The van der Waals surface area contributed by atoms with Crippen LogP contribution in [0.1, 0.15) is 5.56 Å². The molecule has 0 saturated heterocycles. The lowest BCUT2D eigenvalue weighted by atomic mass is 10.0. The van der Waals surface area contributed by atoms with E-state index in [9.17, 15) is 4.79 Å². The van der Waals surface area contributed by atoms with Crippen LogP contribution in [0, 0.1) is 6.92 Å². The maximum atomic E-state index is 12.5. The normalized spacial score (nSPS) is 10.8. The predicted molar refractivity (Wildman–Crippen MR) is 85.6 cm³/mol. The van der Waals surface area contributed by atoms with Crippen LogP contribution in [0.5, 0.6) is 11.5 Å². The van der Waals surface area contributed by atoms with Gasteiger partial charge in [0.2, 0.25) is 0 Å². The van der Waals surface area contributed by atoms with Gasteiger partial charge in [-0.2, -0.15) is 0 Å². The molecular formula is C18H16O3. The molecule has 0 aliphatic rings. The molecule has 0 aromatic heterocycles. The van der Waals surface area contributed by atoms with Gasteiger partial charge >= 0.3 is 0 Å². The van der Waals surface area contributed by atoms with E-state index >= 15 is 0 Å². The summed E-state index contributed by atoms with van der Waals surface area (Å²) in [6, 6.07) is 13.0. The van der Waals surface area contributed by atoms with Crippen LogP contribution in [0.15, 0.2) is 47.3 Å². The summed E-state index contributed by atoms with van der Waals surface area (Å²) in [5.74, 6) is 1.41. The number of hydrogen-bond acceptors (Lipinski definition) is 3. The first-order valence-electron chi connectivity index (χ1n) is 6.74. The zero-order chi connectivity index (χ0) is 15.0. The molecule has 0 spiro atoms. The minimum atomic E-state index is -0.0142. The molecule has 21 heavy (non-hydrogen) atoms. The fourth-order valence-corrected chi connectivity index (χ4v) is 2.80. The van der Waals surface area contributed by atoms with Gasteiger partial charge in [0, 0.05) is 16.2 Å². The largest absolute Gasteiger partial charge is 0.496 e. The van der Waals surface area contributed by atoms with E-state index in [1.165, 1.54) is 0 Å². The van der Waals surface area contributed by atoms with Crippen molar-refractivity contribution < 1.29 is 9.47 Å². The molecule has 0 saturated carbocycles. The fourth-order valence-electron chi connectivity index (χ4n) is 2.80. The number of ether oxygens (including phenoxy) is 2. The van der Waals surface area contributed by atoms with Crippen LogP contribution in [-0.2, 0) is 0 Å². The Bertz CT molecular complexity index is 898. The zero-order valence-corrected chi connectivity index (χ0v) is 12.3. The van der Waals surface area contributed by atoms with Crippen molar-refractivity contribution in [1.29, 1.82) is 0 Å². The van der Waals surface area contributed by atoms with Gasteiger partial charge in [-0.3, -0.25) is 4.79 Å². The van der Waals surface area contributed by atoms with Crippen LogP contribution in [0.3, 0.4) is 0 Å². The second-order valence-corrected chi connectivity index (χ2v) is 4.96. The lowest BCUT2D eigenvalue weighted by Crippen LogP contribution is -1.96. The Balaban J connectivity index is 2.77. The first kappa shape index (κ1) is 13.4. The molecule has 0 atom stereocenters. The van der Waals surface area contributed by atoms with Gasteiger partial charge in [0.05, 0.1) is 14.2 Å². The van der Waals surface area contributed by atoms with Gasteiger partial charge in [-0.15, -0.1) is 0 Å². The summed E-state index contributed by atoms with van der Waals surface area (Å²) in [4.78, 5) is 12.5. The highest BCUT2D eigenvalue weighted by Gasteiger charge is 2.12. The first-order valence-corrected chi connectivity index (χ1v) is 6.74. The van der Waals surface area contributed by atoms with E-state index in [0.29, 0.717) is 11.1 Å². The Labute approximate surface area is 122 Å². The Morgan fingerprint density at radius 1 is 0.810 bits per heavy atom. The van der Waals surface area contributed by atoms with Crippen molar-refractivity contribution in [1.82, 2.24) is 0 Å². The lowest BCUT2D eigenvalue weighted by Gasteiger charge is -2.09. The Morgan fingerprint density at radius 3 is 1.90 bits per heavy atom. The van der Waals surface area contributed by atoms with Gasteiger partial charge in [0.25, 0.3) is 0 Å². The molecule has 0 amide bonds. The van der Waals surface area contributed by atoms with Gasteiger partial charge in [0.15, 0.2) is 5.43 Å². The topological polar surface area (TPSA) is 35.5 Å². The molecular weight excluding hydrogens is 264 g/mol. The van der Waals surface area contributed by atoms with Crippen LogP contribution in [0.2, 0.25) is 0 Å². The third-order valence-electron chi connectivity index (χ3n) is 3.78. The Hall–Kier alpha value is -2.55. The number of benzene rings is 2. The third-order valence-corrected chi connectivity index (χ3v) is 3.78. The molecule has 3 nitrogen and oxygen atoms in total. The second kappa shape index (κ2) is 5.09. The molecule has 3 heteroatoms. The van der Waals surface area contributed by atoms with E-state index in [1.807, 2.05) is 43.3 Å². The number of fused-ring (bicyclic) bond motifs is 3. The predicted octanol–water partition coefficient (Wildman–Crippen LogP) is 3.68. The number of methoxy groups -OCH3 is 2. The van der Waals surface area contributed by atoms with Gasteiger partial charge in [-0.25, -0.2) is 0 Å². The van der Waals surface area contributed by atoms with Crippen LogP contribution in [0.4, 0.5) is 0 Å². The molecule has 0 heterocycles. The van der Waals surface area contributed by atoms with Crippen LogP contribution in [-0.4, -0.2) is 14.2 Å². The van der Waals surface area contributed by atoms with E-state index in [4.69, 9.17) is 9.47 Å². The molecule has 3 aromatic rings. The summed E-state index contributed by atoms with van der Waals surface area (Å²) in [6.07, 6.45) is 0. The van der Waals surface area contributed by atoms with Crippen molar-refractivity contribution in [3.63, 3.8) is 0 Å². The van der Waals surface area contributed by atoms with Crippen LogP contribution < -0.4 is 14.9 Å². The standard InChI is InChI=1S/C18H16O3/c1-11-10-14(19)13-7-5-9-16(21-3)18(13)17-12(11)6-4-8-15(17)20-2/h4-10H,1-3H3. The fraction of sp³-hybridized carbons (Fsp3) is 0.167. The molecule has 0 N–H and O–H groups in total. The number of rotatable bonds is 2. The summed E-state index contributed by atoms with van der Waals surface area (Å²) in [5.41, 5.74) is 0.909. The Kier molecular flexibility index (Phi) is 3.26. The minimum absolute atomic E-state index is 0.0142. The summed E-state index contributed by atoms with van der Waals surface area (Å²) in [7, 11) is 3.25. The maximum Gasteiger partial charge on any atom is 0.186 e. The molecule has 0 bridgehead atoms. The quantitative estimate of drug-likeness (QED) is 0.718. The number of aryl methyl sites for hydroxylation is 1. The molecule has 0 unspecified atom stereocenters. The van der Waals surface area contributed by atoms with Crippen molar-refractivity contribution in [3.05, 3.63) is 58.3 Å². The maximum absolute atomic E-state index is 12.5. The highest BCUT2D eigenvalue weighted by Crippen LogP contribution is 2.36. The van der Waals surface area contributed by atoms with E-state index in [-0.39, 0.29) is 5.43 Å². The van der Waals surface area contributed by atoms with Crippen molar-refractivity contribution in [2.75, 3.05) is 14.2 Å². The highest BCUT2D eigenvalue weighted by molar-refractivity contribution is 6.12. The highest BCUT2D eigenvalue weighted by atomic mass is 16.5. The van der Waals surface area contributed by atoms with Crippen LogP contribution in [0.25, 0.3) is 21.5 Å². The zero-order valence-electron chi connectivity index (χ0n) is 12.3. The van der Waals surface area contributed by atoms with E-state index in [2.05, 4.69) is 0 Å². The van der Waals surface area contributed by atoms with Crippen molar-refractivity contribution >= 4 is 21.5 Å². The van der Waals surface area contributed by atoms with Crippen LogP contribution >= 0.6 is 0 Å². The van der Waals surface area contributed by atoms with Crippen molar-refractivity contribution in [3.8, 4) is 11.5 Å².